The Morgan fingerprint density at radius 2 is 2.11 bits per heavy atom. The molecule has 1 aliphatic heterocycles. The van der Waals surface area contributed by atoms with Gasteiger partial charge >= 0.3 is 5.56 Å². The van der Waals surface area contributed by atoms with E-state index in [-0.39, 0.29) is 23.5 Å². The number of aliphatic hydroxyl groups excluding tert-OH is 1. The van der Waals surface area contributed by atoms with E-state index in [4.69, 9.17) is 14.6 Å². The van der Waals surface area contributed by atoms with Crippen molar-refractivity contribution in [1.82, 2.24) is 24.9 Å². The van der Waals surface area contributed by atoms with Crippen LogP contribution in [-0.4, -0.2) is 61.0 Å². The number of aromatic nitrogens is 5. The molecule has 12 nitrogen and oxygen atoms in total. The number of rotatable bonds is 5. The number of hydrogen-bond donors (Lipinski definition) is 3. The molecule has 0 spiro atoms. The van der Waals surface area contributed by atoms with Crippen molar-refractivity contribution >= 4 is 22.8 Å². The summed E-state index contributed by atoms with van der Waals surface area (Å²) >= 11 is 0. The van der Waals surface area contributed by atoms with E-state index in [1.165, 1.54) is 7.11 Å². The number of hydrogen-bond acceptors (Lipinski definition) is 9. The molecule has 0 radical (unpaired) electrons. The maximum atomic E-state index is 12.5. The summed E-state index contributed by atoms with van der Waals surface area (Å²) in [5.41, 5.74) is -0.764. The highest BCUT2D eigenvalue weighted by Gasteiger charge is 2.42. The molecular formula is C15H14N6O6. The van der Waals surface area contributed by atoms with Crippen molar-refractivity contribution in [3.63, 3.8) is 0 Å². The second-order valence-electron chi connectivity index (χ2n) is 5.70. The quantitative estimate of drug-likeness (QED) is 0.391. The summed E-state index contributed by atoms with van der Waals surface area (Å²) in [5.74, 6) is -0.0541. The van der Waals surface area contributed by atoms with E-state index in [0.29, 0.717) is 16.2 Å². The number of fused-ring (bicyclic) bond motifs is 1. The van der Waals surface area contributed by atoms with Gasteiger partial charge in [-0.15, -0.1) is 10.2 Å². The molecule has 140 valence electrons. The van der Waals surface area contributed by atoms with Gasteiger partial charge in [-0.05, 0) is 24.3 Å². The van der Waals surface area contributed by atoms with Crippen molar-refractivity contribution in [2.45, 2.75) is 12.3 Å². The Kier molecular flexibility index (Phi) is 3.97. The minimum Gasteiger partial charge on any atom is -0.497 e. The van der Waals surface area contributed by atoms with Gasteiger partial charge in [0, 0.05) is 5.56 Å². The predicted molar refractivity (Wildman–Crippen MR) is 88.7 cm³/mol. The molecule has 4 rings (SSSR count). The van der Waals surface area contributed by atoms with Gasteiger partial charge in [0.1, 0.15) is 11.9 Å². The molecule has 0 saturated carbocycles. The third-order valence-electron chi connectivity index (χ3n) is 4.06. The lowest BCUT2D eigenvalue weighted by Crippen LogP contribution is -2.26. The molecule has 27 heavy (non-hydrogen) atoms. The number of aliphatic hydroxyl groups is 1. The van der Waals surface area contributed by atoms with Gasteiger partial charge in [0.15, 0.2) is 23.1 Å². The Hall–Kier alpha value is -3.51. The van der Waals surface area contributed by atoms with Crippen LogP contribution in [0.3, 0.4) is 0 Å². The van der Waals surface area contributed by atoms with Crippen LogP contribution in [0.4, 0.5) is 5.82 Å². The first kappa shape index (κ1) is 16.9. The Labute approximate surface area is 150 Å². The molecule has 1 amide bonds. The molecule has 1 aliphatic rings. The summed E-state index contributed by atoms with van der Waals surface area (Å²) < 4.78 is 11.0. The van der Waals surface area contributed by atoms with Crippen molar-refractivity contribution < 1.29 is 24.6 Å². The number of carbonyl (C=O) groups is 1. The number of carbonyl (C=O) groups excluding carboxylic acids is 1. The Balaban J connectivity index is 1.65. The fraction of sp³-hybridized carbons (Fsp3) is 0.267. The molecule has 1 aromatic carbocycles. The summed E-state index contributed by atoms with van der Waals surface area (Å²) in [6, 6.07) is 6.32. The molecule has 3 aromatic rings. The third kappa shape index (κ3) is 2.86. The highest BCUT2D eigenvalue weighted by Crippen LogP contribution is 2.31. The molecule has 3 N–H and O–H groups in total. The second kappa shape index (κ2) is 6.34. The van der Waals surface area contributed by atoms with E-state index in [1.54, 1.807) is 24.3 Å². The molecule has 2 unspecified atom stereocenters. The lowest BCUT2D eigenvalue weighted by molar-refractivity contribution is 0.102. The van der Waals surface area contributed by atoms with Gasteiger partial charge in [0.25, 0.3) is 5.91 Å². The van der Waals surface area contributed by atoms with Crippen molar-refractivity contribution in [1.29, 1.82) is 0 Å². The van der Waals surface area contributed by atoms with Gasteiger partial charge in [-0.1, -0.05) is 10.1 Å². The van der Waals surface area contributed by atoms with Gasteiger partial charge in [-0.25, -0.2) is 0 Å². The predicted octanol–water partition coefficient (Wildman–Crippen LogP) is -0.624. The largest absolute Gasteiger partial charge is 0.497 e. The number of anilines is 1. The average Bonchev–Trinajstić information content (AvgIpc) is 3.39. The lowest BCUT2D eigenvalue weighted by Gasteiger charge is -2.04. The van der Waals surface area contributed by atoms with Gasteiger partial charge in [0.05, 0.1) is 13.7 Å². The maximum Gasteiger partial charge on any atom is 0.302 e. The number of amides is 1. The highest BCUT2D eigenvalue weighted by atomic mass is 16.6. The zero-order valence-corrected chi connectivity index (χ0v) is 13.9. The first-order chi connectivity index (χ1) is 13.0. The molecule has 0 bridgehead atoms. The van der Waals surface area contributed by atoms with E-state index >= 15 is 0 Å². The van der Waals surface area contributed by atoms with Gasteiger partial charge < -0.3 is 25.1 Å². The molecule has 3 heterocycles. The number of epoxide rings is 1. The molecule has 0 aliphatic carbocycles. The second-order valence-corrected chi connectivity index (χ2v) is 5.70. The molecule has 12 heteroatoms. The van der Waals surface area contributed by atoms with Crippen LogP contribution in [0.25, 0.3) is 11.0 Å². The van der Waals surface area contributed by atoms with Crippen molar-refractivity contribution in [2.75, 3.05) is 19.0 Å². The third-order valence-corrected chi connectivity index (χ3v) is 4.06. The van der Waals surface area contributed by atoms with Crippen LogP contribution in [0.1, 0.15) is 16.6 Å². The fourth-order valence-electron chi connectivity index (χ4n) is 2.58. The van der Waals surface area contributed by atoms with E-state index in [9.17, 15) is 14.8 Å². The molecule has 1 fully saturated rings. The Morgan fingerprint density at radius 3 is 2.74 bits per heavy atom. The van der Waals surface area contributed by atoms with Crippen LogP contribution in [0.5, 0.6) is 5.75 Å². The van der Waals surface area contributed by atoms with Crippen molar-refractivity contribution in [3.8, 4) is 5.75 Å². The summed E-state index contributed by atoms with van der Waals surface area (Å²) in [4.78, 5) is 25.2. The summed E-state index contributed by atoms with van der Waals surface area (Å²) in [6.07, 6.45) is -1.31. The maximum absolute atomic E-state index is 12.5. The van der Waals surface area contributed by atoms with Crippen LogP contribution < -0.4 is 15.6 Å². The number of methoxy groups -OCH3 is 1. The standard InChI is InChI=1S/C15H14N6O6/c1-26-8-4-2-7(3-5-8)13(23)16-12-10-11(21(25)18-12)14(24)20(19-17-10)15-9(6-22)27-15/h2-5,9,15,22,25H,6H2,1H3,(H,16,18,23). The van der Waals surface area contributed by atoms with Crippen LogP contribution in [0.15, 0.2) is 29.1 Å². The van der Waals surface area contributed by atoms with Gasteiger partial charge in [-0.3, -0.25) is 9.59 Å². The normalized spacial score (nSPS) is 18.4. The number of benzene rings is 1. The SMILES string of the molecule is COc1ccc(C(=O)Nc2nn(O)c3c(=O)n(C4OC4CO)nnc23)cc1. The summed E-state index contributed by atoms with van der Waals surface area (Å²) in [5, 5.41) is 32.7. The molecule has 2 aromatic heterocycles. The van der Waals surface area contributed by atoms with Crippen LogP contribution >= 0.6 is 0 Å². The minimum absolute atomic E-state index is 0.0817. The summed E-state index contributed by atoms with van der Waals surface area (Å²) in [6.45, 7) is -0.279. The van der Waals surface area contributed by atoms with E-state index < -0.39 is 23.8 Å². The fourth-order valence-corrected chi connectivity index (χ4v) is 2.58. The topological polar surface area (TPSA) is 157 Å². The Morgan fingerprint density at radius 1 is 1.37 bits per heavy atom. The first-order valence-corrected chi connectivity index (χ1v) is 7.82. The van der Waals surface area contributed by atoms with Gasteiger partial charge in [0.2, 0.25) is 0 Å². The van der Waals surface area contributed by atoms with Crippen molar-refractivity contribution in [3.05, 3.63) is 40.2 Å². The van der Waals surface area contributed by atoms with Crippen LogP contribution in [-0.2, 0) is 4.74 Å². The van der Waals surface area contributed by atoms with Crippen LogP contribution in [0, 0.1) is 0 Å². The number of ether oxygens (including phenoxy) is 2. The Bertz CT molecular complexity index is 1070. The zero-order chi connectivity index (χ0) is 19.1. The van der Waals surface area contributed by atoms with Crippen molar-refractivity contribution in [2.24, 2.45) is 0 Å². The summed E-state index contributed by atoms with van der Waals surface area (Å²) in [7, 11) is 1.51. The van der Waals surface area contributed by atoms with Crippen LogP contribution in [0.2, 0.25) is 0 Å². The molecular weight excluding hydrogens is 360 g/mol. The number of nitrogens with one attached hydrogen (secondary N) is 1. The van der Waals surface area contributed by atoms with E-state index in [0.717, 1.165) is 4.68 Å². The zero-order valence-electron chi connectivity index (χ0n) is 13.9. The highest BCUT2D eigenvalue weighted by molar-refractivity contribution is 6.07. The molecule has 1 saturated heterocycles. The first-order valence-electron chi connectivity index (χ1n) is 7.82. The lowest BCUT2D eigenvalue weighted by atomic mass is 10.2. The monoisotopic (exact) mass is 374 g/mol. The minimum atomic E-state index is -0.758. The van der Waals surface area contributed by atoms with E-state index in [1.807, 2.05) is 0 Å². The number of nitrogens with zero attached hydrogens (tertiary/aromatic N) is 5. The van der Waals surface area contributed by atoms with Gasteiger partial charge in [-0.2, -0.15) is 4.68 Å². The molecule has 2 atom stereocenters. The van der Waals surface area contributed by atoms with E-state index in [2.05, 4.69) is 20.7 Å². The smallest absolute Gasteiger partial charge is 0.302 e. The average molecular weight is 374 g/mol.